The number of hydrogen-bond donors (Lipinski definition) is 0. The van der Waals surface area contributed by atoms with E-state index in [1.54, 1.807) is 53.1 Å². The molecular weight excluding hydrogens is 494 g/mol. The van der Waals surface area contributed by atoms with Crippen molar-refractivity contribution in [1.82, 2.24) is 13.9 Å². The van der Waals surface area contributed by atoms with Crippen LogP contribution in [0.1, 0.15) is 49.6 Å². The second kappa shape index (κ2) is 9.45. The molecule has 4 rings (SSSR count). The van der Waals surface area contributed by atoms with Crippen LogP contribution in [0, 0.1) is 6.92 Å². The highest BCUT2D eigenvalue weighted by Crippen LogP contribution is 2.34. The lowest BCUT2D eigenvalue weighted by Gasteiger charge is -2.24. The fraction of sp³-hybridized carbons (Fsp3) is 0.375. The topological polar surface area (TPSA) is 89.3 Å². The van der Waals surface area contributed by atoms with Gasteiger partial charge in [-0.1, -0.05) is 41.4 Å². The number of sulfone groups is 1. The van der Waals surface area contributed by atoms with E-state index in [4.69, 9.17) is 11.6 Å². The summed E-state index contributed by atoms with van der Waals surface area (Å²) < 4.78 is 56.6. The van der Waals surface area contributed by atoms with Crippen LogP contribution in [0.3, 0.4) is 0 Å². The summed E-state index contributed by atoms with van der Waals surface area (Å²) in [5.41, 5.74) is 2.08. The zero-order valence-electron chi connectivity index (χ0n) is 19.3. The van der Waals surface area contributed by atoms with E-state index in [1.165, 1.54) is 10.5 Å². The van der Waals surface area contributed by atoms with Gasteiger partial charge >= 0.3 is 0 Å². The largest absolute Gasteiger partial charge is 0.315 e. The summed E-state index contributed by atoms with van der Waals surface area (Å²) in [6, 6.07) is 13.2. The highest BCUT2D eigenvalue weighted by atomic mass is 35.5. The average Bonchev–Trinajstić information content (AvgIpc) is 3.49. The van der Waals surface area contributed by atoms with E-state index in [1.807, 2.05) is 20.8 Å². The van der Waals surface area contributed by atoms with E-state index in [2.05, 4.69) is 4.98 Å². The Bertz CT molecular complexity index is 1390. The SMILES string of the molecule is Cc1ccc(S(=O)(=O)N(Cc2cnc(S(=O)(=O)Cc3cccc(Cl)c3)n2C(C)C)C2CC2)cc1. The first-order valence-electron chi connectivity index (χ1n) is 11.1. The zero-order chi connectivity index (χ0) is 24.7. The van der Waals surface area contributed by atoms with Crippen LogP contribution in [0.25, 0.3) is 0 Å². The van der Waals surface area contributed by atoms with Gasteiger partial charge in [-0.25, -0.2) is 21.8 Å². The van der Waals surface area contributed by atoms with E-state index >= 15 is 0 Å². The molecule has 1 heterocycles. The van der Waals surface area contributed by atoms with E-state index in [0.29, 0.717) is 16.3 Å². The van der Waals surface area contributed by atoms with Crippen LogP contribution in [0.2, 0.25) is 5.02 Å². The van der Waals surface area contributed by atoms with Crippen molar-refractivity contribution < 1.29 is 16.8 Å². The van der Waals surface area contributed by atoms with E-state index in [9.17, 15) is 16.8 Å². The van der Waals surface area contributed by atoms with Gasteiger partial charge in [0.1, 0.15) is 0 Å². The maximum absolute atomic E-state index is 13.5. The van der Waals surface area contributed by atoms with Gasteiger partial charge in [-0.3, -0.25) is 0 Å². The summed E-state index contributed by atoms with van der Waals surface area (Å²) in [5, 5.41) is 0.392. The summed E-state index contributed by atoms with van der Waals surface area (Å²) in [6.07, 6.45) is 3.03. The summed E-state index contributed by atoms with van der Waals surface area (Å²) in [4.78, 5) is 4.48. The summed E-state index contributed by atoms with van der Waals surface area (Å²) >= 11 is 6.02. The van der Waals surface area contributed by atoms with Crippen LogP contribution in [0.5, 0.6) is 0 Å². The molecule has 0 amide bonds. The highest BCUT2D eigenvalue weighted by Gasteiger charge is 2.39. The number of aryl methyl sites for hydroxylation is 1. The first kappa shape index (κ1) is 24.9. The molecule has 1 saturated carbocycles. The van der Waals surface area contributed by atoms with Gasteiger partial charge in [0.25, 0.3) is 0 Å². The van der Waals surface area contributed by atoms with Gasteiger partial charge in [0.05, 0.1) is 29.1 Å². The van der Waals surface area contributed by atoms with Crippen molar-refractivity contribution in [2.45, 2.75) is 68.0 Å². The van der Waals surface area contributed by atoms with Crippen LogP contribution >= 0.6 is 11.6 Å². The van der Waals surface area contributed by atoms with E-state index in [0.717, 1.165) is 18.4 Å². The molecule has 0 saturated heterocycles. The molecule has 0 bridgehead atoms. The van der Waals surface area contributed by atoms with Gasteiger partial charge in [-0.15, -0.1) is 0 Å². The molecule has 0 spiro atoms. The zero-order valence-corrected chi connectivity index (χ0v) is 21.7. The molecule has 1 aliphatic rings. The molecule has 182 valence electrons. The molecule has 1 aromatic heterocycles. The van der Waals surface area contributed by atoms with Crippen LogP contribution in [0.4, 0.5) is 0 Å². The molecule has 0 unspecified atom stereocenters. The number of nitrogens with zero attached hydrogens (tertiary/aromatic N) is 3. The fourth-order valence-electron chi connectivity index (χ4n) is 3.97. The van der Waals surface area contributed by atoms with Gasteiger partial charge < -0.3 is 4.57 Å². The van der Waals surface area contributed by atoms with Crippen LogP contribution in [-0.2, 0) is 32.2 Å². The number of imidazole rings is 1. The van der Waals surface area contributed by atoms with Crippen LogP contribution in [-0.4, -0.2) is 36.7 Å². The van der Waals surface area contributed by atoms with Gasteiger partial charge in [0.15, 0.2) is 0 Å². The molecule has 1 fully saturated rings. The lowest BCUT2D eigenvalue weighted by atomic mass is 10.2. The molecule has 0 radical (unpaired) electrons. The molecule has 34 heavy (non-hydrogen) atoms. The normalized spacial score (nSPS) is 14.8. The second-order valence-corrected chi connectivity index (χ2v) is 13.2. The number of aromatic nitrogens is 2. The quantitative estimate of drug-likeness (QED) is 0.405. The van der Waals surface area contributed by atoms with Crippen molar-refractivity contribution in [3.05, 3.63) is 76.6 Å². The minimum atomic E-state index is -3.79. The van der Waals surface area contributed by atoms with Crippen LogP contribution < -0.4 is 0 Å². The summed E-state index contributed by atoms with van der Waals surface area (Å²) in [7, 11) is -7.54. The summed E-state index contributed by atoms with van der Waals surface area (Å²) in [5.74, 6) is -0.245. The Morgan fingerprint density at radius 2 is 1.76 bits per heavy atom. The van der Waals surface area contributed by atoms with Crippen molar-refractivity contribution in [3.63, 3.8) is 0 Å². The monoisotopic (exact) mass is 521 g/mol. The third-order valence-corrected chi connectivity index (χ3v) is 9.50. The second-order valence-electron chi connectivity index (χ2n) is 8.98. The molecule has 0 aliphatic heterocycles. The molecule has 0 atom stereocenters. The predicted octanol–water partition coefficient (Wildman–Crippen LogP) is 4.75. The number of benzene rings is 2. The standard InChI is InChI=1S/C24H28ClN3O4S2/c1-17(2)28-22(14-26-24(28)33(29,30)16-19-5-4-6-20(25)13-19)15-27(21-9-10-21)34(31,32)23-11-7-18(3)8-12-23/h4-8,11-14,17,21H,9-10,15-16H2,1-3H3. The molecule has 3 aromatic rings. The predicted molar refractivity (Wildman–Crippen MR) is 132 cm³/mol. The van der Waals surface area contributed by atoms with Crippen molar-refractivity contribution in [1.29, 1.82) is 0 Å². The molecule has 1 aliphatic carbocycles. The van der Waals surface area contributed by atoms with Gasteiger partial charge in [-0.2, -0.15) is 4.31 Å². The first-order chi connectivity index (χ1) is 16.0. The molecule has 0 N–H and O–H groups in total. The smallest absolute Gasteiger partial charge is 0.243 e. The minimum absolute atomic E-state index is 0.0543. The van der Waals surface area contributed by atoms with Crippen molar-refractivity contribution >= 4 is 31.5 Å². The van der Waals surface area contributed by atoms with E-state index in [-0.39, 0.29) is 34.4 Å². The number of halogens is 1. The van der Waals surface area contributed by atoms with Gasteiger partial charge in [-0.05, 0) is 63.4 Å². The molecule has 10 heteroatoms. The Balaban J connectivity index is 1.69. The average molecular weight is 522 g/mol. The minimum Gasteiger partial charge on any atom is -0.315 e. The maximum atomic E-state index is 13.5. The molecule has 2 aromatic carbocycles. The lowest BCUT2D eigenvalue weighted by Crippen LogP contribution is -2.33. The van der Waals surface area contributed by atoms with Crippen molar-refractivity contribution in [2.75, 3.05) is 0 Å². The van der Waals surface area contributed by atoms with Crippen LogP contribution in [0.15, 0.2) is 64.8 Å². The van der Waals surface area contributed by atoms with Crippen molar-refractivity contribution in [2.24, 2.45) is 0 Å². The Kier molecular flexibility index (Phi) is 6.92. The Hall–Kier alpha value is -2.20. The van der Waals surface area contributed by atoms with Gasteiger partial charge in [0, 0.05) is 17.1 Å². The molecule has 7 nitrogen and oxygen atoms in total. The first-order valence-corrected chi connectivity index (χ1v) is 14.6. The van der Waals surface area contributed by atoms with E-state index < -0.39 is 19.9 Å². The molecular formula is C24H28ClN3O4S2. The number of rotatable bonds is 9. The Labute approximate surface area is 206 Å². The number of sulfonamides is 1. The maximum Gasteiger partial charge on any atom is 0.243 e. The highest BCUT2D eigenvalue weighted by molar-refractivity contribution is 7.90. The third kappa shape index (κ3) is 5.22. The third-order valence-electron chi connectivity index (χ3n) is 5.78. The number of hydrogen-bond acceptors (Lipinski definition) is 5. The van der Waals surface area contributed by atoms with Gasteiger partial charge in [0.2, 0.25) is 25.0 Å². The lowest BCUT2D eigenvalue weighted by molar-refractivity contribution is 0.378. The summed E-state index contributed by atoms with van der Waals surface area (Å²) in [6.45, 7) is 5.68. The van der Waals surface area contributed by atoms with Crippen molar-refractivity contribution in [3.8, 4) is 0 Å². The fourth-order valence-corrected chi connectivity index (χ4v) is 7.42. The Morgan fingerprint density at radius 3 is 2.35 bits per heavy atom. The Morgan fingerprint density at radius 1 is 1.09 bits per heavy atom.